The fourth-order valence-electron chi connectivity index (χ4n) is 1.88. The summed E-state index contributed by atoms with van der Waals surface area (Å²) in [6.45, 7) is 0. The predicted octanol–water partition coefficient (Wildman–Crippen LogP) is 2.58. The molecule has 0 N–H and O–H groups in total. The zero-order valence-electron chi connectivity index (χ0n) is 13.8. The van der Waals surface area contributed by atoms with Gasteiger partial charge in [0.1, 0.15) is 11.5 Å². The van der Waals surface area contributed by atoms with Gasteiger partial charge in [0.25, 0.3) is 0 Å². The van der Waals surface area contributed by atoms with Crippen LogP contribution < -0.4 is 4.90 Å². The second kappa shape index (κ2) is 8.39. The van der Waals surface area contributed by atoms with Gasteiger partial charge in [-0.3, -0.25) is 0 Å². The van der Waals surface area contributed by atoms with Crippen LogP contribution in [0.25, 0.3) is 0 Å². The third-order valence-corrected chi connectivity index (χ3v) is 3.12. The van der Waals surface area contributed by atoms with E-state index in [1.165, 1.54) is 20.4 Å². The van der Waals surface area contributed by atoms with Gasteiger partial charge < -0.3 is 14.4 Å². The van der Waals surface area contributed by atoms with Gasteiger partial charge in [-0.1, -0.05) is 30.2 Å². The van der Waals surface area contributed by atoms with Crippen molar-refractivity contribution in [1.29, 1.82) is 0 Å². The highest BCUT2D eigenvalue weighted by atomic mass is 16.6. The number of benzene rings is 1. The Labute approximate surface area is 141 Å². The molecule has 0 unspecified atom stereocenters. The first-order chi connectivity index (χ1) is 11.6. The first-order valence-electron chi connectivity index (χ1n) is 7.25. The number of anilines is 1. The molecule has 0 saturated carbocycles. The maximum Gasteiger partial charge on any atom is 0.374 e. The zero-order chi connectivity index (χ0) is 17.4. The third-order valence-electron chi connectivity index (χ3n) is 3.12. The molecule has 1 aromatic heterocycles. The van der Waals surface area contributed by atoms with E-state index in [0.717, 1.165) is 5.56 Å². The molecule has 2 rings (SSSR count). The largest absolute Gasteiger partial charge is 0.489 e. The highest BCUT2D eigenvalue weighted by Crippen LogP contribution is 2.12. The lowest BCUT2D eigenvalue weighted by Crippen LogP contribution is -2.16. The van der Waals surface area contributed by atoms with E-state index in [4.69, 9.17) is 4.74 Å². The third kappa shape index (κ3) is 4.62. The normalized spacial score (nSPS) is 10.4. The Morgan fingerprint density at radius 1 is 1.04 bits per heavy atom. The molecule has 122 valence electrons. The van der Waals surface area contributed by atoms with Crippen LogP contribution in [-0.2, 0) is 14.3 Å². The lowest BCUT2D eigenvalue weighted by molar-refractivity contribution is -0.139. The van der Waals surface area contributed by atoms with Gasteiger partial charge in [0.05, 0.1) is 20.4 Å². The zero-order valence-corrected chi connectivity index (χ0v) is 13.8. The lowest BCUT2D eigenvalue weighted by atomic mass is 10.2. The molecular formula is C19H18N2O3. The number of carbonyl (C=O) groups excluding carboxylic acids is 1. The van der Waals surface area contributed by atoms with Crippen molar-refractivity contribution in [3.05, 3.63) is 71.7 Å². The summed E-state index contributed by atoms with van der Waals surface area (Å²) in [5, 5.41) is 0. The molecule has 0 aliphatic rings. The fourth-order valence-corrected chi connectivity index (χ4v) is 1.88. The highest BCUT2D eigenvalue weighted by molar-refractivity contribution is 5.86. The number of nitrogens with zero attached hydrogens (tertiary/aromatic N) is 2. The van der Waals surface area contributed by atoms with Crippen LogP contribution in [-0.4, -0.2) is 32.2 Å². The molecule has 0 aliphatic heterocycles. The minimum absolute atomic E-state index is 0.0857. The van der Waals surface area contributed by atoms with E-state index >= 15 is 0 Å². The van der Waals surface area contributed by atoms with Gasteiger partial charge in [-0.15, -0.1) is 0 Å². The Kier molecular flexibility index (Phi) is 5.98. The lowest BCUT2D eigenvalue weighted by Gasteiger charge is -2.14. The van der Waals surface area contributed by atoms with Crippen molar-refractivity contribution < 1.29 is 14.3 Å². The Bertz CT molecular complexity index is 789. The van der Waals surface area contributed by atoms with Crippen molar-refractivity contribution in [2.24, 2.45) is 0 Å². The fraction of sp³-hybridized carbons (Fsp3) is 0.158. The second-order valence-corrected chi connectivity index (χ2v) is 4.80. The molecule has 24 heavy (non-hydrogen) atoms. The maximum absolute atomic E-state index is 11.6. The number of pyridine rings is 1. The van der Waals surface area contributed by atoms with E-state index in [1.54, 1.807) is 11.9 Å². The van der Waals surface area contributed by atoms with Crippen LogP contribution >= 0.6 is 0 Å². The van der Waals surface area contributed by atoms with Gasteiger partial charge in [0.15, 0.2) is 0 Å². The number of ether oxygens (including phenoxy) is 2. The van der Waals surface area contributed by atoms with Crippen molar-refractivity contribution >= 4 is 11.8 Å². The molecule has 1 heterocycles. The van der Waals surface area contributed by atoms with Crippen molar-refractivity contribution in [1.82, 2.24) is 4.98 Å². The second-order valence-electron chi connectivity index (χ2n) is 4.80. The molecule has 0 atom stereocenters. The molecule has 1 aromatic carbocycles. The summed E-state index contributed by atoms with van der Waals surface area (Å²) in [5.41, 5.74) is 1.55. The highest BCUT2D eigenvalue weighted by Gasteiger charge is 2.11. The number of carbonyl (C=O) groups is 1. The van der Waals surface area contributed by atoms with Crippen LogP contribution in [0, 0.1) is 11.8 Å². The van der Waals surface area contributed by atoms with Gasteiger partial charge in [0, 0.05) is 12.6 Å². The van der Waals surface area contributed by atoms with E-state index in [1.807, 2.05) is 48.5 Å². The predicted molar refractivity (Wildman–Crippen MR) is 92.2 cm³/mol. The molecule has 5 heteroatoms. The minimum Gasteiger partial charge on any atom is -0.489 e. The van der Waals surface area contributed by atoms with Crippen LogP contribution in [0.2, 0.25) is 0 Å². The molecule has 5 nitrogen and oxygen atoms in total. The van der Waals surface area contributed by atoms with E-state index in [9.17, 15) is 4.79 Å². The van der Waals surface area contributed by atoms with Crippen molar-refractivity contribution in [2.75, 3.05) is 26.2 Å². The smallest absolute Gasteiger partial charge is 0.374 e. The Balaban J connectivity index is 2.22. The molecule has 0 radical (unpaired) electrons. The van der Waals surface area contributed by atoms with E-state index in [-0.39, 0.29) is 5.76 Å². The van der Waals surface area contributed by atoms with Crippen molar-refractivity contribution in [3.8, 4) is 11.8 Å². The first kappa shape index (κ1) is 17.1. The quantitative estimate of drug-likeness (QED) is 0.375. The van der Waals surface area contributed by atoms with Crippen molar-refractivity contribution in [2.45, 2.75) is 0 Å². The van der Waals surface area contributed by atoms with Crippen LogP contribution in [0.1, 0.15) is 11.3 Å². The van der Waals surface area contributed by atoms with Gasteiger partial charge in [-0.25, -0.2) is 9.78 Å². The molecule has 0 spiro atoms. The SMILES string of the molecule is COC(=O)C(=CN(C)c1cccc(C#Cc2ccccc2)n1)OC. The van der Waals surface area contributed by atoms with Gasteiger partial charge in [-0.2, -0.15) is 0 Å². The molecular weight excluding hydrogens is 304 g/mol. The number of hydrogen-bond donors (Lipinski definition) is 0. The standard InChI is InChI=1S/C19H18N2O3/c1-21(14-17(23-2)19(22)24-3)18-11-7-10-16(20-18)13-12-15-8-5-4-6-9-15/h4-11,14H,1-3H3. The van der Waals surface area contributed by atoms with Gasteiger partial charge in [-0.05, 0) is 30.2 Å². The van der Waals surface area contributed by atoms with Crippen LogP contribution in [0.15, 0.2) is 60.5 Å². The number of aromatic nitrogens is 1. The Hall–Kier alpha value is -3.26. The first-order valence-corrected chi connectivity index (χ1v) is 7.25. The number of rotatable bonds is 4. The minimum atomic E-state index is -0.552. The van der Waals surface area contributed by atoms with Crippen molar-refractivity contribution in [3.63, 3.8) is 0 Å². The Morgan fingerprint density at radius 3 is 2.46 bits per heavy atom. The molecule has 0 fully saturated rings. The summed E-state index contributed by atoms with van der Waals surface area (Å²) < 4.78 is 9.67. The summed E-state index contributed by atoms with van der Waals surface area (Å²) >= 11 is 0. The monoisotopic (exact) mass is 322 g/mol. The van der Waals surface area contributed by atoms with Crippen LogP contribution in [0.5, 0.6) is 0 Å². The van der Waals surface area contributed by atoms with Crippen LogP contribution in [0.3, 0.4) is 0 Å². The molecule has 0 bridgehead atoms. The van der Waals surface area contributed by atoms with E-state index in [0.29, 0.717) is 11.5 Å². The van der Waals surface area contributed by atoms with Gasteiger partial charge in [0.2, 0.25) is 5.76 Å². The summed E-state index contributed by atoms with van der Waals surface area (Å²) in [5.74, 6) is 6.25. The van der Waals surface area contributed by atoms with E-state index in [2.05, 4.69) is 21.6 Å². The van der Waals surface area contributed by atoms with Gasteiger partial charge >= 0.3 is 5.97 Å². The topological polar surface area (TPSA) is 51.7 Å². The number of esters is 1. The maximum atomic E-state index is 11.6. The number of methoxy groups -OCH3 is 2. The average Bonchev–Trinajstić information content (AvgIpc) is 2.64. The summed E-state index contributed by atoms with van der Waals surface area (Å²) in [4.78, 5) is 17.7. The molecule has 2 aromatic rings. The van der Waals surface area contributed by atoms with Crippen LogP contribution in [0.4, 0.5) is 5.82 Å². The average molecular weight is 322 g/mol. The molecule has 0 amide bonds. The Morgan fingerprint density at radius 2 is 1.79 bits per heavy atom. The summed E-state index contributed by atoms with van der Waals surface area (Å²) in [7, 11) is 4.47. The summed E-state index contributed by atoms with van der Waals surface area (Å²) in [6.07, 6.45) is 1.52. The number of hydrogen-bond acceptors (Lipinski definition) is 5. The van der Waals surface area contributed by atoms with E-state index < -0.39 is 5.97 Å². The molecule has 0 aliphatic carbocycles. The molecule has 0 saturated heterocycles. The summed E-state index contributed by atoms with van der Waals surface area (Å²) in [6, 6.07) is 15.2.